The number of aldehydes is 1. The smallest absolute Gasteiger partial charge is 0.306 e. The monoisotopic (exact) mass is 465 g/mol. The van der Waals surface area contributed by atoms with Crippen LogP contribution in [0, 0.1) is 5.41 Å². The van der Waals surface area contributed by atoms with Crippen LogP contribution in [0.15, 0.2) is 60.7 Å². The fourth-order valence-corrected chi connectivity index (χ4v) is 4.37. The van der Waals surface area contributed by atoms with Gasteiger partial charge in [-0.2, -0.15) is 0 Å². The van der Waals surface area contributed by atoms with Gasteiger partial charge in [0.15, 0.2) is 0 Å². The summed E-state index contributed by atoms with van der Waals surface area (Å²) in [5.74, 6) is -1.65. The molecule has 1 N–H and O–H groups in total. The molecular weight excluding hydrogens is 442 g/mol. The second-order valence-electron chi connectivity index (χ2n) is 8.90. The lowest BCUT2D eigenvalue weighted by atomic mass is 9.92. The van der Waals surface area contributed by atoms with E-state index in [-0.39, 0.29) is 6.54 Å². The molecule has 1 heterocycles. The molecule has 0 aliphatic carbocycles. The zero-order chi connectivity index (χ0) is 23.8. The number of rotatable bonds is 6. The first kappa shape index (κ1) is 23.0. The minimum Gasteiger partial charge on any atom is -0.481 e. The maximum Gasteiger partial charge on any atom is 0.306 e. The molecule has 0 bridgehead atoms. The molecule has 2 atom stereocenters. The van der Waals surface area contributed by atoms with E-state index in [0.29, 0.717) is 16.3 Å². The molecule has 0 unspecified atom stereocenters. The number of carbonyl (C=O) groups is 3. The first-order chi connectivity index (χ1) is 15.7. The summed E-state index contributed by atoms with van der Waals surface area (Å²) in [5.41, 5.74) is 1.14. The van der Waals surface area contributed by atoms with E-state index >= 15 is 0 Å². The van der Waals surface area contributed by atoms with Crippen LogP contribution in [0.25, 0.3) is 10.8 Å². The number of benzene rings is 3. The largest absolute Gasteiger partial charge is 0.481 e. The van der Waals surface area contributed by atoms with Crippen LogP contribution >= 0.6 is 11.6 Å². The van der Waals surface area contributed by atoms with Crippen LogP contribution < -0.4 is 4.90 Å². The Morgan fingerprint density at radius 3 is 2.58 bits per heavy atom. The first-order valence-electron chi connectivity index (χ1n) is 10.6. The third kappa shape index (κ3) is 4.63. The second-order valence-corrected chi connectivity index (χ2v) is 9.34. The number of ether oxygens (including phenoxy) is 1. The van der Waals surface area contributed by atoms with Crippen molar-refractivity contribution in [1.82, 2.24) is 0 Å². The standard InChI is InChI=1S/C26H24ClNO5/c1-26(2,15-29)14-28-21-11-10-17(27)12-20(21)24(33-22(25(28)32)13-23(30)31)19-9-5-7-16-6-3-4-8-18(16)19/h3-12,15,22,24H,13-14H2,1-2H3,(H,30,31)/t22-,24-/m0/s1. The Bertz CT molecular complexity index is 1230. The van der Waals surface area contributed by atoms with E-state index in [2.05, 4.69) is 0 Å². The van der Waals surface area contributed by atoms with Gasteiger partial charge in [0, 0.05) is 28.2 Å². The molecule has 33 heavy (non-hydrogen) atoms. The van der Waals surface area contributed by atoms with E-state index in [4.69, 9.17) is 16.3 Å². The van der Waals surface area contributed by atoms with Crippen molar-refractivity contribution in [2.24, 2.45) is 5.41 Å². The third-order valence-electron chi connectivity index (χ3n) is 5.76. The van der Waals surface area contributed by atoms with E-state index in [1.165, 1.54) is 4.90 Å². The molecule has 7 heteroatoms. The fraction of sp³-hybridized carbons (Fsp3) is 0.269. The Morgan fingerprint density at radius 2 is 1.85 bits per heavy atom. The lowest BCUT2D eigenvalue weighted by Crippen LogP contribution is -2.45. The number of nitrogens with zero attached hydrogens (tertiary/aromatic N) is 1. The summed E-state index contributed by atoms with van der Waals surface area (Å²) in [5, 5.41) is 11.9. The Labute approximate surface area is 196 Å². The number of amides is 1. The number of carboxylic acids is 1. The molecule has 6 nitrogen and oxygen atoms in total. The van der Waals surface area contributed by atoms with Gasteiger partial charge < -0.3 is 19.5 Å². The molecule has 3 aromatic carbocycles. The minimum absolute atomic E-state index is 0.0751. The molecule has 3 aromatic rings. The van der Waals surface area contributed by atoms with Gasteiger partial charge in [0.2, 0.25) is 0 Å². The van der Waals surface area contributed by atoms with E-state index in [1.807, 2.05) is 42.5 Å². The zero-order valence-corrected chi connectivity index (χ0v) is 19.1. The lowest BCUT2D eigenvalue weighted by molar-refractivity contribution is -0.147. The van der Waals surface area contributed by atoms with Crippen LogP contribution in [0.5, 0.6) is 0 Å². The summed E-state index contributed by atoms with van der Waals surface area (Å²) >= 11 is 6.36. The maximum atomic E-state index is 13.6. The Balaban J connectivity index is 1.95. The van der Waals surface area contributed by atoms with Crippen molar-refractivity contribution in [3.63, 3.8) is 0 Å². The molecular formula is C26H24ClNO5. The number of hydrogen-bond acceptors (Lipinski definition) is 4. The van der Waals surface area contributed by atoms with Crippen molar-refractivity contribution in [1.29, 1.82) is 0 Å². The molecule has 1 amide bonds. The SMILES string of the molecule is CC(C)(C=O)CN1C(=O)[C@H](CC(=O)O)O[C@@H](c2cccc3ccccc23)c2cc(Cl)ccc21. The normalized spacial score (nSPS) is 18.6. The van der Waals surface area contributed by atoms with Gasteiger partial charge in [-0.1, -0.05) is 67.9 Å². The molecule has 0 saturated heterocycles. The zero-order valence-electron chi connectivity index (χ0n) is 18.3. The van der Waals surface area contributed by atoms with Gasteiger partial charge in [-0.25, -0.2) is 0 Å². The highest BCUT2D eigenvalue weighted by Crippen LogP contribution is 2.42. The second kappa shape index (κ2) is 8.96. The quantitative estimate of drug-likeness (QED) is 0.517. The molecule has 170 valence electrons. The summed E-state index contributed by atoms with van der Waals surface area (Å²) in [6.45, 7) is 3.53. The molecule has 1 aliphatic rings. The Kier molecular flexibility index (Phi) is 6.23. The van der Waals surface area contributed by atoms with Gasteiger partial charge >= 0.3 is 5.97 Å². The topological polar surface area (TPSA) is 83.9 Å². The van der Waals surface area contributed by atoms with Crippen LogP contribution in [0.1, 0.15) is 37.5 Å². The number of fused-ring (bicyclic) bond motifs is 2. The van der Waals surface area contributed by atoms with Crippen molar-refractivity contribution in [3.05, 3.63) is 76.8 Å². The van der Waals surface area contributed by atoms with Crippen LogP contribution in [0.4, 0.5) is 5.69 Å². The van der Waals surface area contributed by atoms with Crippen LogP contribution in [-0.4, -0.2) is 35.9 Å². The Hall–Kier alpha value is -3.22. The molecule has 0 fully saturated rings. The predicted octanol–water partition coefficient (Wildman–Crippen LogP) is 5.01. The van der Waals surface area contributed by atoms with Crippen molar-refractivity contribution in [2.45, 2.75) is 32.5 Å². The Morgan fingerprint density at radius 1 is 1.12 bits per heavy atom. The number of anilines is 1. The van der Waals surface area contributed by atoms with E-state index in [0.717, 1.165) is 22.6 Å². The summed E-state index contributed by atoms with van der Waals surface area (Å²) in [7, 11) is 0. The number of aliphatic carboxylic acids is 1. The summed E-state index contributed by atoms with van der Waals surface area (Å²) in [6.07, 6.45) is -1.68. The van der Waals surface area contributed by atoms with Crippen LogP contribution in [0.2, 0.25) is 5.02 Å². The van der Waals surface area contributed by atoms with E-state index < -0.39 is 35.9 Å². The average molecular weight is 466 g/mol. The number of hydrogen-bond donors (Lipinski definition) is 1. The molecule has 4 rings (SSSR count). The molecule has 0 saturated carbocycles. The fourth-order valence-electron chi connectivity index (χ4n) is 4.19. The summed E-state index contributed by atoms with van der Waals surface area (Å²) < 4.78 is 6.27. The van der Waals surface area contributed by atoms with Gasteiger partial charge in [-0.3, -0.25) is 9.59 Å². The lowest BCUT2D eigenvalue weighted by Gasteiger charge is -2.30. The number of carboxylic acid groups (broad SMARTS) is 1. The van der Waals surface area contributed by atoms with Gasteiger partial charge in [0.05, 0.1) is 6.42 Å². The van der Waals surface area contributed by atoms with Gasteiger partial charge in [0.25, 0.3) is 5.91 Å². The highest BCUT2D eigenvalue weighted by Gasteiger charge is 2.40. The van der Waals surface area contributed by atoms with Crippen molar-refractivity contribution in [2.75, 3.05) is 11.4 Å². The van der Waals surface area contributed by atoms with E-state index in [1.54, 1.807) is 32.0 Å². The van der Waals surface area contributed by atoms with Gasteiger partial charge in [0.1, 0.15) is 18.5 Å². The van der Waals surface area contributed by atoms with Gasteiger partial charge in [-0.05, 0) is 34.5 Å². The van der Waals surface area contributed by atoms with Crippen LogP contribution in [-0.2, 0) is 19.1 Å². The molecule has 0 radical (unpaired) electrons. The van der Waals surface area contributed by atoms with Crippen molar-refractivity contribution >= 4 is 46.2 Å². The van der Waals surface area contributed by atoms with Gasteiger partial charge in [-0.15, -0.1) is 0 Å². The predicted molar refractivity (Wildman–Crippen MR) is 127 cm³/mol. The average Bonchev–Trinajstić information content (AvgIpc) is 2.88. The number of carbonyl (C=O) groups excluding carboxylic acids is 2. The summed E-state index contributed by atoms with van der Waals surface area (Å²) in [4.78, 5) is 38.3. The van der Waals surface area contributed by atoms with E-state index in [9.17, 15) is 19.5 Å². The van der Waals surface area contributed by atoms with Crippen LogP contribution in [0.3, 0.4) is 0 Å². The molecule has 0 aromatic heterocycles. The first-order valence-corrected chi connectivity index (χ1v) is 11.0. The summed E-state index contributed by atoms with van der Waals surface area (Å²) in [6, 6.07) is 18.7. The highest BCUT2D eigenvalue weighted by molar-refractivity contribution is 6.30. The highest BCUT2D eigenvalue weighted by atomic mass is 35.5. The number of halogens is 1. The van der Waals surface area contributed by atoms with Crippen molar-refractivity contribution < 1.29 is 24.2 Å². The third-order valence-corrected chi connectivity index (χ3v) is 5.99. The minimum atomic E-state index is -1.24. The molecule has 1 aliphatic heterocycles. The molecule has 0 spiro atoms. The maximum absolute atomic E-state index is 13.6. The van der Waals surface area contributed by atoms with Crippen molar-refractivity contribution in [3.8, 4) is 0 Å².